The fourth-order valence-electron chi connectivity index (χ4n) is 3.08. The fourth-order valence-corrected chi connectivity index (χ4v) is 5.21. The van der Waals surface area contributed by atoms with Gasteiger partial charge in [-0.05, 0) is 0 Å². The monoisotopic (exact) mass is 533 g/mol. The number of nitrogens with two attached hydrogens (primary N) is 1. The molecule has 0 aliphatic carbocycles. The Balaban J connectivity index is 2.21. The average Bonchev–Trinajstić information content (AvgIpc) is 3.12. The molecule has 0 spiro atoms. The van der Waals surface area contributed by atoms with Crippen LogP contribution in [0, 0.1) is 0 Å². The number of carboxylic acid groups (broad SMARTS) is 1. The molecule has 17 nitrogen and oxygen atoms in total. The van der Waals surface area contributed by atoms with E-state index in [2.05, 4.69) is 20.1 Å². The van der Waals surface area contributed by atoms with Crippen molar-refractivity contribution in [1.82, 2.24) is 19.1 Å². The zero-order valence-corrected chi connectivity index (χ0v) is 20.0. The summed E-state index contributed by atoms with van der Waals surface area (Å²) < 4.78 is 34.2. The molecule has 2 aliphatic heterocycles. The van der Waals surface area contributed by atoms with Gasteiger partial charge in [-0.1, -0.05) is 5.16 Å². The number of β-lactam (4-membered cyclic amide) rings is 1. The summed E-state index contributed by atoms with van der Waals surface area (Å²) >= 11 is 0.969. The summed E-state index contributed by atoms with van der Waals surface area (Å²) in [4.78, 5) is 58.4. The molecular weight excluding hydrogens is 514 g/mol. The van der Waals surface area contributed by atoms with Crippen LogP contribution in [-0.2, 0) is 38.7 Å². The van der Waals surface area contributed by atoms with E-state index in [-0.39, 0.29) is 12.0 Å². The van der Waals surface area contributed by atoms with E-state index in [1.807, 2.05) is 0 Å². The Labute approximate surface area is 201 Å². The van der Waals surface area contributed by atoms with E-state index < -0.39 is 69.1 Å². The molecule has 1 fully saturated rings. The number of hydrogen-bond acceptors (Lipinski definition) is 14. The molecule has 2 aliphatic rings. The molecule has 1 saturated heterocycles. The molecule has 2 atom stereocenters. The fraction of sp³-hybridized carbons (Fsp3) is 0.438. The van der Waals surface area contributed by atoms with Crippen molar-refractivity contribution in [3.05, 3.63) is 11.5 Å². The Morgan fingerprint density at radius 1 is 1.40 bits per heavy atom. The highest BCUT2D eigenvalue weighted by molar-refractivity contribution is 8.01. The first kappa shape index (κ1) is 25.7. The van der Waals surface area contributed by atoms with Crippen molar-refractivity contribution in [3.63, 3.8) is 0 Å². The van der Waals surface area contributed by atoms with E-state index >= 15 is 0 Å². The highest BCUT2D eigenvalue weighted by atomic mass is 32.2. The highest BCUT2D eigenvalue weighted by Gasteiger charge is 2.51. The number of oxime groups is 1. The minimum absolute atomic E-state index is 0.0317. The average molecular weight is 534 g/mol. The number of carbonyl (C=O) groups excluding carboxylic acids is 3. The van der Waals surface area contributed by atoms with Crippen LogP contribution in [0.1, 0.15) is 13.3 Å². The van der Waals surface area contributed by atoms with Gasteiger partial charge in [0.1, 0.15) is 25.3 Å². The number of ether oxygens (including phenoxy) is 2. The quantitative estimate of drug-likeness (QED) is 0.172. The van der Waals surface area contributed by atoms with Crippen molar-refractivity contribution in [2.24, 2.45) is 5.16 Å². The molecule has 35 heavy (non-hydrogen) atoms. The smallest absolute Gasteiger partial charge is 0.461 e. The number of hydrogen-bond donors (Lipinski definition) is 2. The summed E-state index contributed by atoms with van der Waals surface area (Å²) in [7, 11) is -2.85. The predicted molar refractivity (Wildman–Crippen MR) is 117 cm³/mol. The minimum atomic E-state index is -4.02. The van der Waals surface area contributed by atoms with Gasteiger partial charge in [0.15, 0.2) is 0 Å². The minimum Gasteiger partial charge on any atom is -0.461 e. The molecule has 3 N–H and O–H groups in total. The number of anilines is 2. The standard InChI is InChI=1S/C16H19N7O10S2/c1-7(24)32-6-8-12(33-16(27)28)21-9(25)4-11(21)34-13(8)22(10(26)5-18-31-2)15-19-14(17)23(20-15)35(3,29)30/h5,11,13H,4,6H2,1-3H3,(H,27,28)(H2,17,19,20)/t11-,13?/m0/s1. The first-order valence-electron chi connectivity index (χ1n) is 9.42. The Morgan fingerprint density at radius 3 is 2.60 bits per heavy atom. The van der Waals surface area contributed by atoms with Crippen LogP contribution in [0.5, 0.6) is 0 Å². The van der Waals surface area contributed by atoms with Crippen LogP contribution in [0.25, 0.3) is 0 Å². The number of rotatable bonds is 8. The third-order valence-corrected chi connectivity index (χ3v) is 6.80. The van der Waals surface area contributed by atoms with Gasteiger partial charge in [0.05, 0.1) is 23.6 Å². The Kier molecular flexibility index (Phi) is 7.19. The number of carbonyl (C=O) groups is 4. The molecule has 3 rings (SSSR count). The molecule has 1 aromatic heterocycles. The molecular formula is C16H19N7O10S2. The van der Waals surface area contributed by atoms with E-state index in [0.717, 1.165) is 41.0 Å². The van der Waals surface area contributed by atoms with Crippen LogP contribution in [0.2, 0.25) is 0 Å². The van der Waals surface area contributed by atoms with Gasteiger partial charge < -0.3 is 25.2 Å². The van der Waals surface area contributed by atoms with Crippen LogP contribution in [-0.4, -0.2) is 93.5 Å². The summed E-state index contributed by atoms with van der Waals surface area (Å²) in [6.45, 7) is 0.491. The third-order valence-electron chi connectivity index (χ3n) is 4.46. The van der Waals surface area contributed by atoms with Gasteiger partial charge in [0.2, 0.25) is 17.7 Å². The second kappa shape index (κ2) is 9.78. The normalized spacial score (nSPS) is 19.7. The molecule has 1 aromatic rings. The number of thioether (sulfide) groups is 1. The Bertz CT molecular complexity index is 1240. The largest absolute Gasteiger partial charge is 0.512 e. The number of aromatic nitrogens is 3. The second-order valence-corrected chi connectivity index (χ2v) is 9.97. The van der Waals surface area contributed by atoms with Crippen LogP contribution in [0.15, 0.2) is 16.6 Å². The summed E-state index contributed by atoms with van der Waals surface area (Å²) in [5, 5.41) is 14.5. The summed E-state index contributed by atoms with van der Waals surface area (Å²) in [6.07, 6.45) is -0.279. The Hall–Kier alpha value is -3.87. The lowest BCUT2D eigenvalue weighted by Crippen LogP contribution is -2.58. The zero-order valence-electron chi connectivity index (χ0n) is 18.3. The summed E-state index contributed by atoms with van der Waals surface area (Å²) in [5.74, 6) is -3.72. The maximum absolute atomic E-state index is 13.1. The van der Waals surface area contributed by atoms with Crippen molar-refractivity contribution in [2.75, 3.05) is 30.6 Å². The van der Waals surface area contributed by atoms with Gasteiger partial charge in [-0.15, -0.1) is 20.9 Å². The van der Waals surface area contributed by atoms with Gasteiger partial charge >= 0.3 is 12.1 Å². The van der Waals surface area contributed by atoms with Crippen LogP contribution in [0.3, 0.4) is 0 Å². The number of esters is 1. The van der Waals surface area contributed by atoms with E-state index in [4.69, 9.17) is 15.2 Å². The van der Waals surface area contributed by atoms with Crippen LogP contribution >= 0.6 is 11.8 Å². The van der Waals surface area contributed by atoms with E-state index in [1.165, 1.54) is 7.11 Å². The first-order valence-corrected chi connectivity index (χ1v) is 12.2. The maximum atomic E-state index is 13.1. The lowest BCUT2D eigenvalue weighted by molar-refractivity contribution is -0.142. The van der Waals surface area contributed by atoms with Crippen molar-refractivity contribution in [2.45, 2.75) is 24.1 Å². The Morgan fingerprint density at radius 2 is 2.09 bits per heavy atom. The molecule has 1 unspecified atom stereocenters. The topological polar surface area (TPSA) is 226 Å². The predicted octanol–water partition coefficient (Wildman–Crippen LogP) is -1.27. The maximum Gasteiger partial charge on any atom is 0.512 e. The lowest BCUT2D eigenvalue weighted by Gasteiger charge is -2.47. The molecule has 2 amide bonds. The van der Waals surface area contributed by atoms with Crippen LogP contribution < -0.4 is 10.6 Å². The van der Waals surface area contributed by atoms with Gasteiger partial charge in [-0.2, -0.15) is 4.98 Å². The molecule has 0 radical (unpaired) electrons. The van der Waals surface area contributed by atoms with Gasteiger partial charge in [-0.25, -0.2) is 13.2 Å². The molecule has 0 bridgehead atoms. The van der Waals surface area contributed by atoms with E-state index in [1.54, 1.807) is 0 Å². The van der Waals surface area contributed by atoms with Crippen molar-refractivity contribution < 1.29 is 47.0 Å². The summed E-state index contributed by atoms with van der Waals surface area (Å²) in [6, 6.07) is 0. The molecule has 3 heterocycles. The summed E-state index contributed by atoms with van der Waals surface area (Å²) in [5.41, 5.74) is 5.54. The molecule has 19 heteroatoms. The second-order valence-electron chi connectivity index (χ2n) is 6.89. The number of fused-ring (bicyclic) bond motifs is 1. The van der Waals surface area contributed by atoms with E-state index in [0.29, 0.717) is 4.09 Å². The van der Waals surface area contributed by atoms with Crippen molar-refractivity contribution in [3.8, 4) is 0 Å². The van der Waals surface area contributed by atoms with Crippen LogP contribution in [0.4, 0.5) is 16.7 Å². The first-order chi connectivity index (χ1) is 16.3. The van der Waals surface area contributed by atoms with Crippen molar-refractivity contribution in [1.29, 1.82) is 0 Å². The van der Waals surface area contributed by atoms with Gasteiger partial charge in [-0.3, -0.25) is 24.2 Å². The zero-order chi connectivity index (χ0) is 26.1. The third kappa shape index (κ3) is 5.29. The van der Waals surface area contributed by atoms with Gasteiger partial charge in [0.25, 0.3) is 21.9 Å². The van der Waals surface area contributed by atoms with Gasteiger partial charge in [0, 0.05) is 6.92 Å². The molecule has 190 valence electrons. The number of nitrogens with zero attached hydrogens (tertiary/aromatic N) is 6. The number of nitrogen functional groups attached to an aromatic ring is 1. The van der Waals surface area contributed by atoms with Crippen molar-refractivity contribution >= 4 is 63.8 Å². The SMILES string of the molecule is CON=CC(=O)N(c1nc(N)n(S(C)(=O)=O)n1)C1S[C@H]2CC(=O)N2C(OC(=O)O)=C1COC(C)=O. The highest BCUT2D eigenvalue weighted by Crippen LogP contribution is 2.46. The number of amides is 2. The lowest BCUT2D eigenvalue weighted by atomic mass is 10.1. The molecule has 0 aromatic carbocycles. The van der Waals surface area contributed by atoms with E-state index in [9.17, 15) is 32.7 Å². The molecule has 0 saturated carbocycles.